The molecule has 9 nitrogen and oxygen atoms in total. The summed E-state index contributed by atoms with van der Waals surface area (Å²) in [5, 5.41) is 0.892. The molecule has 3 aromatic carbocycles. The molecule has 2 atom stereocenters. The number of hydrogen-bond donors (Lipinski definition) is 1. The number of carbonyl (C=O) groups excluding carboxylic acids is 2. The average molecular weight is 590 g/mol. The summed E-state index contributed by atoms with van der Waals surface area (Å²) in [6.07, 6.45) is 3.94. The largest absolute Gasteiger partial charge is 0.493 e. The van der Waals surface area contributed by atoms with Gasteiger partial charge < -0.3 is 34.4 Å². The van der Waals surface area contributed by atoms with Gasteiger partial charge >= 0.3 is 0 Å². The minimum absolute atomic E-state index is 0.236. The van der Waals surface area contributed by atoms with Crippen LogP contribution in [0, 0.1) is 0 Å². The van der Waals surface area contributed by atoms with Gasteiger partial charge in [0, 0.05) is 30.3 Å². The van der Waals surface area contributed by atoms with Crippen LogP contribution in [0.15, 0.2) is 54.6 Å². The fourth-order valence-electron chi connectivity index (χ4n) is 5.04. The Morgan fingerprint density at radius 3 is 2.57 bits per heavy atom. The highest BCUT2D eigenvalue weighted by Gasteiger charge is 2.31. The maximum Gasteiger partial charge on any atom is 0.256 e. The Morgan fingerprint density at radius 1 is 1.07 bits per heavy atom. The summed E-state index contributed by atoms with van der Waals surface area (Å²) in [5.41, 5.74) is 8.72. The number of para-hydroxylation sites is 1. The molecule has 1 aliphatic rings. The number of carbonyl (C=O) groups is 2. The number of methoxy groups -OCH3 is 2. The molecular weight excluding hydrogens is 554 g/mol. The number of benzene rings is 3. The van der Waals surface area contributed by atoms with Crippen LogP contribution in [0.3, 0.4) is 0 Å². The van der Waals surface area contributed by atoms with E-state index in [1.807, 2.05) is 36.4 Å². The molecule has 0 spiro atoms. The monoisotopic (exact) mass is 589 g/mol. The van der Waals surface area contributed by atoms with Crippen molar-refractivity contribution < 1.29 is 28.5 Å². The molecule has 42 heavy (non-hydrogen) atoms. The minimum Gasteiger partial charge on any atom is -0.493 e. The zero-order valence-corrected chi connectivity index (χ0v) is 24.8. The Hall–Kier alpha value is -4.31. The lowest BCUT2D eigenvalue weighted by atomic mass is 10.1. The normalized spacial score (nSPS) is 15.4. The Morgan fingerprint density at radius 2 is 1.83 bits per heavy atom. The van der Waals surface area contributed by atoms with Crippen LogP contribution in [0.25, 0.3) is 20.8 Å². The van der Waals surface area contributed by atoms with Crippen molar-refractivity contribution in [3.05, 3.63) is 60.2 Å². The summed E-state index contributed by atoms with van der Waals surface area (Å²) in [5.74, 6) is 1.48. The van der Waals surface area contributed by atoms with Gasteiger partial charge in [-0.05, 0) is 55.7 Å². The average Bonchev–Trinajstić information content (AvgIpc) is 3.67. The summed E-state index contributed by atoms with van der Waals surface area (Å²) >= 11 is 1.62. The van der Waals surface area contributed by atoms with Crippen molar-refractivity contribution in [3.8, 4) is 33.6 Å². The maximum atomic E-state index is 13.2. The van der Waals surface area contributed by atoms with Gasteiger partial charge in [-0.25, -0.2) is 4.98 Å². The van der Waals surface area contributed by atoms with Crippen molar-refractivity contribution in [2.45, 2.75) is 51.4 Å². The highest BCUT2D eigenvalue weighted by atomic mass is 32.1. The van der Waals surface area contributed by atoms with E-state index in [0.717, 1.165) is 46.3 Å². The molecule has 2 N–H and O–H groups in total. The first-order valence-electron chi connectivity index (χ1n) is 14.1. The number of likely N-dealkylation sites (tertiary alicyclic amines) is 1. The molecule has 10 heteroatoms. The number of fused-ring (bicyclic) bond motifs is 1. The Labute approximate surface area is 249 Å². The van der Waals surface area contributed by atoms with E-state index >= 15 is 0 Å². The van der Waals surface area contributed by atoms with Gasteiger partial charge in [0.2, 0.25) is 6.29 Å². The van der Waals surface area contributed by atoms with E-state index in [2.05, 4.69) is 13.0 Å². The lowest BCUT2D eigenvalue weighted by Gasteiger charge is -2.24. The van der Waals surface area contributed by atoms with Crippen LogP contribution in [0.4, 0.5) is 5.69 Å². The fourth-order valence-corrected chi connectivity index (χ4v) is 6.00. The molecular formula is C32H35N3O6S. The number of rotatable bonds is 12. The third-order valence-electron chi connectivity index (χ3n) is 7.30. The van der Waals surface area contributed by atoms with Gasteiger partial charge in [0.05, 0.1) is 36.0 Å². The summed E-state index contributed by atoms with van der Waals surface area (Å²) in [7, 11) is 3.10. The number of hydrogen-bond acceptors (Lipinski definition) is 9. The van der Waals surface area contributed by atoms with Gasteiger partial charge in [0.25, 0.3) is 5.91 Å². The highest BCUT2D eigenvalue weighted by Crippen LogP contribution is 2.39. The van der Waals surface area contributed by atoms with E-state index in [4.69, 9.17) is 29.7 Å². The number of thiazole rings is 1. The molecule has 1 aliphatic heterocycles. The molecule has 1 amide bonds. The van der Waals surface area contributed by atoms with Gasteiger partial charge in [0.1, 0.15) is 11.3 Å². The van der Waals surface area contributed by atoms with Crippen LogP contribution in [0.1, 0.15) is 49.4 Å². The second kappa shape index (κ2) is 13.1. The van der Waals surface area contributed by atoms with Crippen LogP contribution in [0.2, 0.25) is 0 Å². The van der Waals surface area contributed by atoms with Crippen molar-refractivity contribution in [2.24, 2.45) is 0 Å². The minimum atomic E-state index is -0.681. The van der Waals surface area contributed by atoms with Gasteiger partial charge in [-0.15, -0.1) is 11.3 Å². The first kappa shape index (κ1) is 29.2. The van der Waals surface area contributed by atoms with Crippen molar-refractivity contribution in [2.75, 3.05) is 26.5 Å². The molecule has 1 aromatic heterocycles. The molecule has 220 valence electrons. The van der Waals surface area contributed by atoms with Crippen LogP contribution in [-0.2, 0) is 4.79 Å². The summed E-state index contributed by atoms with van der Waals surface area (Å²) < 4.78 is 25.1. The van der Waals surface area contributed by atoms with Crippen molar-refractivity contribution >= 4 is 39.4 Å². The SMILES string of the molecule is CCCCC(Oc1ccc(-c2nc3ccccc3s2)cc1OC)Oc1cc(N)c(C(=O)N2CCCC2C=O)cc1OC. The van der Waals surface area contributed by atoms with Gasteiger partial charge in [-0.2, -0.15) is 0 Å². The summed E-state index contributed by atoms with van der Waals surface area (Å²) in [6.45, 7) is 2.60. The number of aldehydes is 1. The van der Waals surface area contributed by atoms with Gasteiger partial charge in [-0.3, -0.25) is 4.79 Å². The van der Waals surface area contributed by atoms with Gasteiger partial charge in [0.15, 0.2) is 23.0 Å². The van der Waals surface area contributed by atoms with E-state index in [1.165, 1.54) is 7.11 Å². The lowest BCUT2D eigenvalue weighted by molar-refractivity contribution is -0.111. The predicted molar refractivity (Wildman–Crippen MR) is 164 cm³/mol. The van der Waals surface area contributed by atoms with E-state index < -0.39 is 12.3 Å². The Kier molecular flexibility index (Phi) is 9.12. The first-order valence-corrected chi connectivity index (χ1v) is 14.9. The second-order valence-corrected chi connectivity index (χ2v) is 11.1. The lowest BCUT2D eigenvalue weighted by Crippen LogP contribution is -2.36. The molecule has 0 radical (unpaired) electrons. The molecule has 1 saturated heterocycles. The smallest absolute Gasteiger partial charge is 0.256 e. The molecule has 5 rings (SSSR count). The number of aromatic nitrogens is 1. The number of ether oxygens (including phenoxy) is 4. The second-order valence-electron chi connectivity index (χ2n) is 10.1. The summed E-state index contributed by atoms with van der Waals surface area (Å²) in [6, 6.07) is 16.5. The molecule has 0 bridgehead atoms. The van der Waals surface area contributed by atoms with Crippen molar-refractivity contribution in [1.82, 2.24) is 9.88 Å². The summed E-state index contributed by atoms with van der Waals surface area (Å²) in [4.78, 5) is 31.0. The van der Waals surface area contributed by atoms with Gasteiger partial charge in [-0.1, -0.05) is 25.5 Å². The molecule has 2 unspecified atom stereocenters. The van der Waals surface area contributed by atoms with Crippen LogP contribution < -0.4 is 24.7 Å². The topological polar surface area (TPSA) is 113 Å². The van der Waals surface area contributed by atoms with Crippen molar-refractivity contribution in [1.29, 1.82) is 0 Å². The van der Waals surface area contributed by atoms with E-state index in [9.17, 15) is 9.59 Å². The first-order chi connectivity index (χ1) is 20.4. The molecule has 1 fully saturated rings. The number of nitrogen functional groups attached to an aromatic ring is 1. The third kappa shape index (κ3) is 6.13. The number of nitrogens with two attached hydrogens (primary N) is 1. The number of amides is 1. The molecule has 0 aliphatic carbocycles. The molecule has 4 aromatic rings. The number of nitrogens with zero attached hydrogens (tertiary/aromatic N) is 2. The van der Waals surface area contributed by atoms with E-state index in [1.54, 1.807) is 35.5 Å². The molecule has 2 heterocycles. The predicted octanol–water partition coefficient (Wildman–Crippen LogP) is 6.34. The fraction of sp³-hybridized carbons (Fsp3) is 0.344. The quantitative estimate of drug-likeness (QED) is 0.116. The van der Waals surface area contributed by atoms with E-state index in [-0.39, 0.29) is 17.2 Å². The zero-order chi connectivity index (χ0) is 29.6. The Balaban J connectivity index is 1.39. The Bertz CT molecular complexity index is 1540. The van der Waals surface area contributed by atoms with Crippen LogP contribution >= 0.6 is 11.3 Å². The zero-order valence-electron chi connectivity index (χ0n) is 24.0. The maximum absolute atomic E-state index is 13.2. The van der Waals surface area contributed by atoms with Crippen LogP contribution in [0.5, 0.6) is 23.0 Å². The van der Waals surface area contributed by atoms with E-state index in [0.29, 0.717) is 42.4 Å². The van der Waals surface area contributed by atoms with Crippen LogP contribution in [-0.4, -0.2) is 55.2 Å². The van der Waals surface area contributed by atoms with Crippen molar-refractivity contribution in [3.63, 3.8) is 0 Å². The number of unbranched alkanes of at least 4 members (excludes halogenated alkanes) is 1. The number of anilines is 1. The molecule has 0 saturated carbocycles. The third-order valence-corrected chi connectivity index (χ3v) is 8.38. The highest BCUT2D eigenvalue weighted by molar-refractivity contribution is 7.21. The standard InChI is InChI=1S/C32H35N3O6S/c1-4-5-12-30(40-25-14-13-20(16-26(25)38-2)31-34-24-10-6-7-11-29(24)42-31)41-28-18-23(33)22(17-27(28)39-3)32(37)35-15-8-9-21(35)19-36/h6-7,10-11,13-14,16-19,21,30H,4-5,8-9,12,15,33H2,1-3H3.